The molecule has 0 spiro atoms. The van der Waals surface area contributed by atoms with Crippen LogP contribution in [0, 0.1) is 0 Å². The Bertz CT molecular complexity index is 551. The van der Waals surface area contributed by atoms with Crippen molar-refractivity contribution in [3.63, 3.8) is 0 Å². The molecule has 1 aliphatic heterocycles. The minimum absolute atomic E-state index is 0.00790. The number of rotatable bonds is 8. The number of nitrogens with one attached hydrogen (secondary N) is 2. The van der Waals surface area contributed by atoms with Crippen molar-refractivity contribution >= 4 is 11.8 Å². The Kier molecular flexibility index (Phi) is 7.49. The first kappa shape index (κ1) is 18.2. The first-order chi connectivity index (χ1) is 11.6. The van der Waals surface area contributed by atoms with Crippen LogP contribution in [0.25, 0.3) is 0 Å². The molecule has 4 N–H and O–H groups in total. The maximum Gasteiger partial charge on any atom is 0.241 e. The van der Waals surface area contributed by atoms with Crippen molar-refractivity contribution in [1.29, 1.82) is 0 Å². The highest BCUT2D eigenvalue weighted by atomic mass is 16.2. The van der Waals surface area contributed by atoms with Gasteiger partial charge in [0.1, 0.15) is 0 Å². The lowest BCUT2D eigenvalue weighted by molar-refractivity contribution is -0.124. The normalized spacial score (nSPS) is 19.1. The van der Waals surface area contributed by atoms with Crippen LogP contribution < -0.4 is 16.4 Å². The van der Waals surface area contributed by atoms with E-state index in [0.29, 0.717) is 0 Å². The van der Waals surface area contributed by atoms with E-state index < -0.39 is 5.91 Å². The second-order valence-corrected chi connectivity index (χ2v) is 6.26. The van der Waals surface area contributed by atoms with Gasteiger partial charge in [0.2, 0.25) is 11.8 Å². The number of primary amides is 1. The van der Waals surface area contributed by atoms with E-state index >= 15 is 0 Å². The van der Waals surface area contributed by atoms with E-state index in [1.807, 2.05) is 18.2 Å². The lowest BCUT2D eigenvalue weighted by Gasteiger charge is -2.25. The van der Waals surface area contributed by atoms with Crippen molar-refractivity contribution in [2.24, 2.45) is 5.73 Å². The van der Waals surface area contributed by atoms with Crippen molar-refractivity contribution < 1.29 is 9.59 Å². The van der Waals surface area contributed by atoms with Gasteiger partial charge >= 0.3 is 0 Å². The Morgan fingerprint density at radius 1 is 1.29 bits per heavy atom. The average Bonchev–Trinajstić information content (AvgIpc) is 2.61. The number of hydrogen-bond donors (Lipinski definition) is 3. The highest BCUT2D eigenvalue weighted by molar-refractivity contribution is 5.86. The van der Waals surface area contributed by atoms with Crippen molar-refractivity contribution in [1.82, 2.24) is 10.6 Å². The van der Waals surface area contributed by atoms with Gasteiger partial charge < -0.3 is 16.4 Å². The molecule has 5 heteroatoms. The van der Waals surface area contributed by atoms with E-state index in [0.717, 1.165) is 45.1 Å². The topological polar surface area (TPSA) is 84.2 Å². The first-order valence-electron chi connectivity index (χ1n) is 8.70. The number of nitrogens with two attached hydrogens (primary N) is 1. The maximum absolute atomic E-state index is 12.4. The molecule has 1 aromatic rings. The molecular formula is C19H27N3O2. The minimum Gasteiger partial charge on any atom is -0.366 e. The summed E-state index contributed by atoms with van der Waals surface area (Å²) < 4.78 is 0. The number of carbonyl (C=O) groups is 2. The van der Waals surface area contributed by atoms with Crippen molar-refractivity contribution in [3.8, 4) is 0 Å². The lowest BCUT2D eigenvalue weighted by atomic mass is 10.0. The molecule has 1 aromatic carbocycles. The number of benzene rings is 1. The van der Waals surface area contributed by atoms with E-state index in [-0.39, 0.29) is 18.0 Å². The van der Waals surface area contributed by atoms with E-state index in [4.69, 9.17) is 5.73 Å². The predicted octanol–water partition coefficient (Wildman–Crippen LogP) is 1.68. The van der Waals surface area contributed by atoms with Crippen molar-refractivity contribution in [3.05, 3.63) is 48.0 Å². The SMILES string of the molecule is NC(=O)C=CC(CCCc1ccccc1)NC(=O)C1CCCCN1. The molecule has 0 aliphatic carbocycles. The van der Waals surface area contributed by atoms with Crippen LogP contribution in [-0.4, -0.2) is 30.4 Å². The molecule has 1 heterocycles. The summed E-state index contributed by atoms with van der Waals surface area (Å²) in [5.74, 6) is -0.485. The van der Waals surface area contributed by atoms with E-state index in [1.54, 1.807) is 6.08 Å². The molecule has 2 rings (SSSR count). The molecule has 0 saturated carbocycles. The first-order valence-corrected chi connectivity index (χ1v) is 8.70. The molecule has 130 valence electrons. The summed E-state index contributed by atoms with van der Waals surface area (Å²) in [6.07, 6.45) is 8.73. The Labute approximate surface area is 143 Å². The average molecular weight is 329 g/mol. The zero-order valence-corrected chi connectivity index (χ0v) is 14.0. The van der Waals surface area contributed by atoms with Crippen LogP contribution >= 0.6 is 0 Å². The van der Waals surface area contributed by atoms with E-state index in [2.05, 4.69) is 22.8 Å². The molecule has 1 saturated heterocycles. The van der Waals surface area contributed by atoms with Crippen LogP contribution in [0.2, 0.25) is 0 Å². The van der Waals surface area contributed by atoms with Gasteiger partial charge in [-0.2, -0.15) is 0 Å². The molecule has 5 nitrogen and oxygen atoms in total. The summed E-state index contributed by atoms with van der Waals surface area (Å²) in [4.78, 5) is 23.4. The highest BCUT2D eigenvalue weighted by Gasteiger charge is 2.22. The van der Waals surface area contributed by atoms with Gasteiger partial charge in [0.15, 0.2) is 0 Å². The zero-order chi connectivity index (χ0) is 17.2. The Balaban J connectivity index is 1.86. The van der Waals surface area contributed by atoms with Gasteiger partial charge in [-0.3, -0.25) is 9.59 Å². The highest BCUT2D eigenvalue weighted by Crippen LogP contribution is 2.10. The molecule has 24 heavy (non-hydrogen) atoms. The largest absolute Gasteiger partial charge is 0.366 e. The Morgan fingerprint density at radius 3 is 2.75 bits per heavy atom. The van der Waals surface area contributed by atoms with Crippen LogP contribution in [0.4, 0.5) is 0 Å². The van der Waals surface area contributed by atoms with Gasteiger partial charge in [-0.1, -0.05) is 42.8 Å². The second kappa shape index (κ2) is 9.88. The van der Waals surface area contributed by atoms with Crippen LogP contribution in [0.15, 0.2) is 42.5 Å². The number of piperidine rings is 1. The fourth-order valence-electron chi connectivity index (χ4n) is 2.96. The number of carbonyl (C=O) groups excluding carboxylic acids is 2. The minimum atomic E-state index is -0.493. The van der Waals surface area contributed by atoms with Gasteiger partial charge in [0.25, 0.3) is 0 Å². The monoisotopic (exact) mass is 329 g/mol. The molecule has 2 unspecified atom stereocenters. The number of amides is 2. The zero-order valence-electron chi connectivity index (χ0n) is 14.0. The van der Waals surface area contributed by atoms with Gasteiger partial charge in [-0.25, -0.2) is 0 Å². The second-order valence-electron chi connectivity index (χ2n) is 6.26. The fraction of sp³-hybridized carbons (Fsp3) is 0.474. The molecule has 0 radical (unpaired) electrons. The van der Waals surface area contributed by atoms with Gasteiger partial charge in [-0.15, -0.1) is 0 Å². The Morgan fingerprint density at radius 2 is 2.08 bits per heavy atom. The van der Waals surface area contributed by atoms with Crippen LogP contribution in [0.1, 0.15) is 37.7 Å². The molecule has 1 fully saturated rings. The summed E-state index contributed by atoms with van der Waals surface area (Å²) in [6.45, 7) is 0.883. The molecule has 0 aromatic heterocycles. The van der Waals surface area contributed by atoms with Gasteiger partial charge in [0, 0.05) is 12.1 Å². The van der Waals surface area contributed by atoms with Crippen molar-refractivity contribution in [2.75, 3.05) is 6.54 Å². The summed E-state index contributed by atoms with van der Waals surface area (Å²) in [6, 6.07) is 9.94. The molecule has 2 atom stereocenters. The third-order valence-corrected chi connectivity index (χ3v) is 4.27. The molecular weight excluding hydrogens is 302 g/mol. The number of hydrogen-bond acceptors (Lipinski definition) is 3. The summed E-state index contributed by atoms with van der Waals surface area (Å²) >= 11 is 0. The van der Waals surface area contributed by atoms with E-state index in [9.17, 15) is 9.59 Å². The van der Waals surface area contributed by atoms with Gasteiger partial charge in [0.05, 0.1) is 6.04 Å². The predicted molar refractivity (Wildman–Crippen MR) is 95.3 cm³/mol. The standard InChI is InChI=1S/C19H27N3O2/c20-18(23)13-12-16(10-6-9-15-7-2-1-3-8-15)22-19(24)17-11-4-5-14-21-17/h1-3,7-8,12-13,16-17,21H,4-6,9-11,14H2,(H2,20,23)(H,22,24). The lowest BCUT2D eigenvalue weighted by Crippen LogP contribution is -2.49. The molecule has 0 bridgehead atoms. The van der Waals surface area contributed by atoms with Crippen LogP contribution in [-0.2, 0) is 16.0 Å². The van der Waals surface area contributed by atoms with Crippen molar-refractivity contribution in [2.45, 2.75) is 50.6 Å². The molecule has 1 aliphatic rings. The van der Waals surface area contributed by atoms with Crippen LogP contribution in [0.5, 0.6) is 0 Å². The third kappa shape index (κ3) is 6.54. The fourth-order valence-corrected chi connectivity index (χ4v) is 2.96. The summed E-state index contributed by atoms with van der Waals surface area (Å²) in [7, 11) is 0. The summed E-state index contributed by atoms with van der Waals surface area (Å²) in [5, 5.41) is 6.28. The van der Waals surface area contributed by atoms with E-state index in [1.165, 1.54) is 11.6 Å². The maximum atomic E-state index is 12.4. The number of aryl methyl sites for hydroxylation is 1. The quantitative estimate of drug-likeness (QED) is 0.634. The van der Waals surface area contributed by atoms with Gasteiger partial charge in [-0.05, 0) is 44.2 Å². The molecule has 2 amide bonds. The smallest absolute Gasteiger partial charge is 0.241 e. The third-order valence-electron chi connectivity index (χ3n) is 4.27. The summed E-state index contributed by atoms with van der Waals surface area (Å²) in [5.41, 5.74) is 6.46. The Hall–Kier alpha value is -2.14. The van der Waals surface area contributed by atoms with Crippen LogP contribution in [0.3, 0.4) is 0 Å².